The fourth-order valence-electron chi connectivity index (χ4n) is 3.31. The molecule has 0 saturated heterocycles. The highest BCUT2D eigenvalue weighted by Crippen LogP contribution is 2.29. The molecule has 7 nitrogen and oxygen atoms in total. The summed E-state index contributed by atoms with van der Waals surface area (Å²) < 4.78 is 11.2. The summed E-state index contributed by atoms with van der Waals surface area (Å²) in [5.74, 6) is 2.44. The number of fused-ring (bicyclic) bond motifs is 1. The lowest BCUT2D eigenvalue weighted by Crippen LogP contribution is -1.99. The van der Waals surface area contributed by atoms with Crippen LogP contribution in [-0.4, -0.2) is 27.3 Å². The second-order valence-electron chi connectivity index (χ2n) is 7.05. The zero-order valence-corrected chi connectivity index (χ0v) is 17.0. The second kappa shape index (κ2) is 7.87. The molecule has 0 bridgehead atoms. The van der Waals surface area contributed by atoms with E-state index in [0.29, 0.717) is 17.5 Å². The topological polar surface area (TPSA) is 86.0 Å². The molecule has 5 aromatic rings. The highest BCUT2D eigenvalue weighted by Gasteiger charge is 2.16. The van der Waals surface area contributed by atoms with Crippen molar-refractivity contribution in [3.8, 4) is 28.9 Å². The van der Waals surface area contributed by atoms with Crippen molar-refractivity contribution in [3.63, 3.8) is 0 Å². The molecule has 0 amide bonds. The Hall–Kier alpha value is -4.26. The van der Waals surface area contributed by atoms with E-state index in [0.717, 1.165) is 33.5 Å². The van der Waals surface area contributed by atoms with E-state index < -0.39 is 0 Å². The van der Waals surface area contributed by atoms with Gasteiger partial charge in [-0.3, -0.25) is 0 Å². The van der Waals surface area contributed by atoms with Crippen LogP contribution in [0.15, 0.2) is 77.2 Å². The van der Waals surface area contributed by atoms with E-state index in [2.05, 4.69) is 25.5 Å². The van der Waals surface area contributed by atoms with Gasteiger partial charge in [-0.1, -0.05) is 35.9 Å². The average molecular weight is 409 g/mol. The van der Waals surface area contributed by atoms with Gasteiger partial charge >= 0.3 is 0 Å². The van der Waals surface area contributed by atoms with Crippen LogP contribution in [0.5, 0.6) is 5.75 Å². The first-order valence-electron chi connectivity index (χ1n) is 9.78. The van der Waals surface area contributed by atoms with Gasteiger partial charge in [-0.15, -0.1) is 10.2 Å². The third-order valence-corrected chi connectivity index (χ3v) is 4.82. The van der Waals surface area contributed by atoms with Crippen molar-refractivity contribution < 1.29 is 9.15 Å². The molecule has 2 heterocycles. The molecule has 0 atom stereocenters. The number of aryl methyl sites for hydroxylation is 1. The van der Waals surface area contributed by atoms with Gasteiger partial charge in [-0.05, 0) is 43.3 Å². The van der Waals surface area contributed by atoms with Gasteiger partial charge in [0, 0.05) is 22.7 Å². The van der Waals surface area contributed by atoms with Crippen LogP contribution in [-0.2, 0) is 0 Å². The molecule has 1 N–H and O–H groups in total. The van der Waals surface area contributed by atoms with Crippen molar-refractivity contribution in [2.45, 2.75) is 6.92 Å². The summed E-state index contributed by atoms with van der Waals surface area (Å²) in [5, 5.41) is 12.6. The number of hydrogen-bond donors (Lipinski definition) is 1. The summed E-state index contributed by atoms with van der Waals surface area (Å²) in [4.78, 5) is 9.32. The minimum atomic E-state index is 0.260. The summed E-state index contributed by atoms with van der Waals surface area (Å²) in [6, 6.07) is 23.3. The van der Waals surface area contributed by atoms with Crippen LogP contribution in [0.3, 0.4) is 0 Å². The third kappa shape index (κ3) is 3.81. The number of anilines is 2. The molecular weight excluding hydrogens is 390 g/mol. The quantitative estimate of drug-likeness (QED) is 0.415. The van der Waals surface area contributed by atoms with Crippen LogP contribution >= 0.6 is 0 Å². The lowest BCUT2D eigenvalue weighted by molar-refractivity contribution is 0.415. The standard InChI is InChI=1S/C24H19N5O2/c1-15-7-5-8-16(13-15)23-28-29-24(31-23)22-26-20-12-4-3-11-19(20)21(27-22)25-17-9-6-10-18(14-17)30-2/h3-14H,1-2H3,(H,25,26,27). The molecule has 0 unspecified atom stereocenters. The van der Waals surface area contributed by atoms with Crippen LogP contribution in [0.4, 0.5) is 11.5 Å². The van der Waals surface area contributed by atoms with Crippen LogP contribution in [0.2, 0.25) is 0 Å². The van der Waals surface area contributed by atoms with Gasteiger partial charge in [-0.25, -0.2) is 9.97 Å². The number of aromatic nitrogens is 4. The van der Waals surface area contributed by atoms with Crippen LogP contribution in [0.1, 0.15) is 5.56 Å². The van der Waals surface area contributed by atoms with Gasteiger partial charge in [0.05, 0.1) is 12.6 Å². The SMILES string of the molecule is COc1cccc(Nc2nc(-c3nnc(-c4cccc(C)c4)o3)nc3ccccc23)c1. The molecule has 3 aromatic carbocycles. The largest absolute Gasteiger partial charge is 0.497 e. The lowest BCUT2D eigenvalue weighted by atomic mass is 10.1. The zero-order chi connectivity index (χ0) is 21.2. The Labute approximate surface area is 178 Å². The van der Waals surface area contributed by atoms with Crippen molar-refractivity contribution >= 4 is 22.4 Å². The number of ether oxygens (including phenoxy) is 1. The molecule has 31 heavy (non-hydrogen) atoms. The Morgan fingerprint density at radius 2 is 1.68 bits per heavy atom. The predicted octanol–water partition coefficient (Wildman–Crippen LogP) is 5.41. The maximum absolute atomic E-state index is 5.91. The summed E-state index contributed by atoms with van der Waals surface area (Å²) >= 11 is 0. The highest BCUT2D eigenvalue weighted by molar-refractivity contribution is 5.92. The Kier molecular flexibility index (Phi) is 4.76. The number of benzene rings is 3. The highest BCUT2D eigenvalue weighted by atomic mass is 16.5. The molecule has 0 aliphatic rings. The van der Waals surface area contributed by atoms with Crippen LogP contribution in [0, 0.1) is 6.92 Å². The van der Waals surface area contributed by atoms with Gasteiger partial charge in [0.1, 0.15) is 11.6 Å². The van der Waals surface area contributed by atoms with Crippen LogP contribution in [0.25, 0.3) is 34.1 Å². The molecule has 0 radical (unpaired) electrons. The molecule has 0 fully saturated rings. The Bertz CT molecular complexity index is 1380. The van der Waals surface area contributed by atoms with E-state index in [1.807, 2.05) is 79.7 Å². The molecule has 5 rings (SSSR count). The molecule has 0 saturated carbocycles. The summed E-state index contributed by atoms with van der Waals surface area (Å²) in [6.45, 7) is 2.02. The smallest absolute Gasteiger partial charge is 0.286 e. The van der Waals surface area contributed by atoms with E-state index in [-0.39, 0.29) is 5.89 Å². The van der Waals surface area contributed by atoms with Crippen molar-refractivity contribution in [3.05, 3.63) is 78.4 Å². The lowest BCUT2D eigenvalue weighted by Gasteiger charge is -2.10. The normalized spacial score (nSPS) is 10.9. The molecule has 0 aliphatic heterocycles. The fourth-order valence-corrected chi connectivity index (χ4v) is 3.31. The number of methoxy groups -OCH3 is 1. The van der Waals surface area contributed by atoms with E-state index in [4.69, 9.17) is 9.15 Å². The van der Waals surface area contributed by atoms with Crippen LogP contribution < -0.4 is 10.1 Å². The molecule has 152 valence electrons. The minimum Gasteiger partial charge on any atom is -0.497 e. The van der Waals surface area contributed by atoms with Gasteiger partial charge in [-0.2, -0.15) is 0 Å². The van der Waals surface area contributed by atoms with Gasteiger partial charge < -0.3 is 14.5 Å². The zero-order valence-electron chi connectivity index (χ0n) is 17.0. The second-order valence-corrected chi connectivity index (χ2v) is 7.05. The van der Waals surface area contributed by atoms with E-state index >= 15 is 0 Å². The first-order chi connectivity index (χ1) is 15.2. The number of nitrogens with one attached hydrogen (secondary N) is 1. The summed E-state index contributed by atoms with van der Waals surface area (Å²) in [7, 11) is 1.64. The minimum absolute atomic E-state index is 0.260. The number of hydrogen-bond acceptors (Lipinski definition) is 7. The molecule has 7 heteroatoms. The van der Waals surface area contributed by atoms with Crippen molar-refractivity contribution in [1.29, 1.82) is 0 Å². The van der Waals surface area contributed by atoms with Gasteiger partial charge in [0.15, 0.2) is 0 Å². The van der Waals surface area contributed by atoms with Crippen molar-refractivity contribution in [2.24, 2.45) is 0 Å². The Balaban J connectivity index is 1.57. The first-order valence-corrected chi connectivity index (χ1v) is 9.78. The maximum atomic E-state index is 5.91. The number of nitrogens with zero attached hydrogens (tertiary/aromatic N) is 4. The number of para-hydroxylation sites is 1. The van der Waals surface area contributed by atoms with Crippen molar-refractivity contribution in [1.82, 2.24) is 20.2 Å². The molecular formula is C24H19N5O2. The Morgan fingerprint density at radius 3 is 2.55 bits per heavy atom. The molecule has 0 aliphatic carbocycles. The summed E-state index contributed by atoms with van der Waals surface area (Å²) in [6.07, 6.45) is 0. The van der Waals surface area contributed by atoms with E-state index in [1.165, 1.54) is 0 Å². The maximum Gasteiger partial charge on any atom is 0.286 e. The fraction of sp³-hybridized carbons (Fsp3) is 0.0833. The summed E-state index contributed by atoms with van der Waals surface area (Å²) in [5.41, 5.74) is 3.59. The third-order valence-electron chi connectivity index (χ3n) is 4.82. The van der Waals surface area contributed by atoms with E-state index in [9.17, 15) is 0 Å². The van der Waals surface area contributed by atoms with Crippen molar-refractivity contribution in [2.75, 3.05) is 12.4 Å². The average Bonchev–Trinajstić information content (AvgIpc) is 3.30. The predicted molar refractivity (Wildman–Crippen MR) is 119 cm³/mol. The number of rotatable bonds is 5. The molecule has 2 aromatic heterocycles. The first kappa shape index (κ1) is 18.7. The van der Waals surface area contributed by atoms with Gasteiger partial charge in [0.25, 0.3) is 5.89 Å². The van der Waals surface area contributed by atoms with E-state index in [1.54, 1.807) is 7.11 Å². The monoisotopic (exact) mass is 409 g/mol. The molecule has 0 spiro atoms. The Morgan fingerprint density at radius 1 is 0.839 bits per heavy atom. The van der Waals surface area contributed by atoms with Gasteiger partial charge in [0.2, 0.25) is 11.7 Å².